The topological polar surface area (TPSA) is 33.1 Å². The molecule has 0 aromatic carbocycles. The zero-order valence-electron chi connectivity index (χ0n) is 11.4. The molecule has 1 aliphatic carbocycles. The van der Waals surface area contributed by atoms with Crippen LogP contribution in [0.3, 0.4) is 0 Å². The molecule has 0 aliphatic heterocycles. The van der Waals surface area contributed by atoms with Crippen LogP contribution >= 0.6 is 0 Å². The summed E-state index contributed by atoms with van der Waals surface area (Å²) in [5.74, 6) is 1.83. The Kier molecular flexibility index (Phi) is 3.72. The van der Waals surface area contributed by atoms with Gasteiger partial charge in [0.2, 0.25) is 5.95 Å². The van der Waals surface area contributed by atoms with E-state index >= 15 is 0 Å². The van der Waals surface area contributed by atoms with E-state index in [9.17, 15) is 0 Å². The van der Waals surface area contributed by atoms with Crippen molar-refractivity contribution in [1.29, 1.82) is 0 Å². The molecule has 2 atom stereocenters. The molecule has 4 nitrogen and oxygen atoms in total. The third-order valence-electron chi connectivity index (χ3n) is 3.87. The van der Waals surface area contributed by atoms with Gasteiger partial charge in [0.05, 0.1) is 11.9 Å². The van der Waals surface area contributed by atoms with Gasteiger partial charge in [0, 0.05) is 33.7 Å². The zero-order valence-corrected chi connectivity index (χ0v) is 11.4. The fourth-order valence-electron chi connectivity index (χ4n) is 2.70. The Bertz CT molecular complexity index is 369. The second-order valence-corrected chi connectivity index (χ2v) is 5.40. The molecule has 1 fully saturated rings. The fraction of sp³-hybridized carbons (Fsp3) is 0.769. The van der Waals surface area contributed by atoms with Gasteiger partial charge >= 0.3 is 0 Å². The summed E-state index contributed by atoms with van der Waals surface area (Å²) in [4.78, 5) is 6.47. The van der Waals surface area contributed by atoms with Crippen LogP contribution < -0.4 is 10.2 Å². The average molecular weight is 236 g/mol. The van der Waals surface area contributed by atoms with Crippen molar-refractivity contribution < 1.29 is 0 Å². The highest BCUT2D eigenvalue weighted by atomic mass is 15.3. The van der Waals surface area contributed by atoms with Crippen LogP contribution in [0.4, 0.5) is 5.95 Å². The second kappa shape index (κ2) is 5.08. The second-order valence-electron chi connectivity index (χ2n) is 5.40. The first-order chi connectivity index (χ1) is 8.09. The molecule has 0 bridgehead atoms. The van der Waals surface area contributed by atoms with Crippen molar-refractivity contribution >= 4 is 5.95 Å². The minimum absolute atomic E-state index is 0.688. The van der Waals surface area contributed by atoms with Crippen LogP contribution in [0.15, 0.2) is 6.20 Å². The molecule has 1 aromatic rings. The van der Waals surface area contributed by atoms with E-state index in [0.717, 1.165) is 18.4 Å². The summed E-state index contributed by atoms with van der Waals surface area (Å²) in [5.41, 5.74) is 1.26. The molecular weight excluding hydrogens is 212 g/mol. The van der Waals surface area contributed by atoms with Crippen molar-refractivity contribution in [2.75, 3.05) is 19.0 Å². The van der Waals surface area contributed by atoms with Crippen molar-refractivity contribution in [3.63, 3.8) is 0 Å². The molecule has 1 aliphatic rings. The van der Waals surface area contributed by atoms with Crippen molar-refractivity contribution in [2.24, 2.45) is 13.0 Å². The molecule has 0 radical (unpaired) electrons. The van der Waals surface area contributed by atoms with Gasteiger partial charge < -0.3 is 14.8 Å². The van der Waals surface area contributed by atoms with E-state index in [1.165, 1.54) is 25.0 Å². The third-order valence-corrected chi connectivity index (χ3v) is 3.87. The van der Waals surface area contributed by atoms with Gasteiger partial charge in [-0.25, -0.2) is 4.98 Å². The SMILES string of the molecule is CC1CCCC1NCc1cnc(N(C)C)n1C. The smallest absolute Gasteiger partial charge is 0.204 e. The van der Waals surface area contributed by atoms with Gasteiger partial charge in [0.15, 0.2) is 0 Å². The summed E-state index contributed by atoms with van der Waals surface area (Å²) in [6.07, 6.45) is 6.03. The molecule has 0 saturated heterocycles. The van der Waals surface area contributed by atoms with E-state index in [4.69, 9.17) is 0 Å². The maximum absolute atomic E-state index is 4.43. The number of aromatic nitrogens is 2. The van der Waals surface area contributed by atoms with E-state index in [1.54, 1.807) is 0 Å². The zero-order chi connectivity index (χ0) is 12.4. The predicted molar refractivity (Wildman–Crippen MR) is 71.2 cm³/mol. The first-order valence-corrected chi connectivity index (χ1v) is 6.51. The molecular formula is C13H24N4. The Morgan fingerprint density at radius 2 is 2.24 bits per heavy atom. The highest BCUT2D eigenvalue weighted by molar-refractivity contribution is 5.30. The van der Waals surface area contributed by atoms with Crippen molar-refractivity contribution in [3.8, 4) is 0 Å². The van der Waals surface area contributed by atoms with Crippen LogP contribution in [0.25, 0.3) is 0 Å². The average Bonchev–Trinajstić information content (AvgIpc) is 2.82. The minimum Gasteiger partial charge on any atom is -0.348 e. The fourth-order valence-corrected chi connectivity index (χ4v) is 2.70. The number of hydrogen-bond acceptors (Lipinski definition) is 3. The molecule has 1 N–H and O–H groups in total. The van der Waals surface area contributed by atoms with E-state index < -0.39 is 0 Å². The van der Waals surface area contributed by atoms with Gasteiger partial charge in [-0.05, 0) is 18.8 Å². The van der Waals surface area contributed by atoms with Gasteiger partial charge in [-0.15, -0.1) is 0 Å². The molecule has 96 valence electrons. The normalized spacial score (nSPS) is 24.2. The Labute approximate surface area is 104 Å². The van der Waals surface area contributed by atoms with Crippen LogP contribution in [0.5, 0.6) is 0 Å². The quantitative estimate of drug-likeness (QED) is 0.865. The summed E-state index contributed by atoms with van der Waals surface area (Å²) in [7, 11) is 6.13. The monoisotopic (exact) mass is 236 g/mol. The van der Waals surface area contributed by atoms with Crippen molar-refractivity contribution in [2.45, 2.75) is 38.8 Å². The summed E-state index contributed by atoms with van der Waals surface area (Å²) in [6, 6.07) is 0.688. The Morgan fingerprint density at radius 1 is 1.47 bits per heavy atom. The molecule has 0 amide bonds. The molecule has 2 unspecified atom stereocenters. The third kappa shape index (κ3) is 2.63. The number of nitrogens with zero attached hydrogens (tertiary/aromatic N) is 3. The standard InChI is InChI=1S/C13H24N4/c1-10-6-5-7-12(10)14-8-11-9-15-13(16(2)3)17(11)4/h9-10,12,14H,5-8H2,1-4H3. The van der Waals surface area contributed by atoms with E-state index in [0.29, 0.717) is 6.04 Å². The lowest BCUT2D eigenvalue weighted by molar-refractivity contribution is 0.421. The molecule has 17 heavy (non-hydrogen) atoms. The number of imidazole rings is 1. The van der Waals surface area contributed by atoms with E-state index in [2.05, 4.69) is 28.8 Å². The maximum Gasteiger partial charge on any atom is 0.204 e. The number of nitrogens with one attached hydrogen (secondary N) is 1. The predicted octanol–water partition coefficient (Wildman–Crippen LogP) is 1.76. The van der Waals surface area contributed by atoms with Crippen LogP contribution in [0.2, 0.25) is 0 Å². The van der Waals surface area contributed by atoms with Gasteiger partial charge in [-0.3, -0.25) is 0 Å². The van der Waals surface area contributed by atoms with Gasteiger partial charge in [-0.2, -0.15) is 0 Å². The lowest BCUT2D eigenvalue weighted by Crippen LogP contribution is -2.31. The molecule has 0 spiro atoms. The summed E-state index contributed by atoms with van der Waals surface area (Å²) in [6.45, 7) is 3.27. The van der Waals surface area contributed by atoms with E-state index in [1.807, 2.05) is 25.2 Å². The van der Waals surface area contributed by atoms with Crippen molar-refractivity contribution in [1.82, 2.24) is 14.9 Å². The Balaban J connectivity index is 1.95. The van der Waals surface area contributed by atoms with Gasteiger partial charge in [0.25, 0.3) is 0 Å². The Hall–Kier alpha value is -1.03. The minimum atomic E-state index is 0.688. The molecule has 1 aromatic heterocycles. The van der Waals surface area contributed by atoms with Crippen LogP contribution in [0, 0.1) is 5.92 Å². The first-order valence-electron chi connectivity index (χ1n) is 6.51. The largest absolute Gasteiger partial charge is 0.348 e. The van der Waals surface area contributed by atoms with Crippen LogP contribution in [-0.4, -0.2) is 29.7 Å². The highest BCUT2D eigenvalue weighted by Crippen LogP contribution is 2.25. The first kappa shape index (κ1) is 12.4. The van der Waals surface area contributed by atoms with Gasteiger partial charge in [-0.1, -0.05) is 13.3 Å². The van der Waals surface area contributed by atoms with Crippen molar-refractivity contribution in [3.05, 3.63) is 11.9 Å². The molecule has 1 heterocycles. The van der Waals surface area contributed by atoms with Crippen LogP contribution in [-0.2, 0) is 13.6 Å². The molecule has 4 heteroatoms. The lowest BCUT2D eigenvalue weighted by Gasteiger charge is -2.18. The lowest BCUT2D eigenvalue weighted by atomic mass is 10.1. The maximum atomic E-state index is 4.43. The van der Waals surface area contributed by atoms with E-state index in [-0.39, 0.29) is 0 Å². The van der Waals surface area contributed by atoms with Gasteiger partial charge in [0.1, 0.15) is 0 Å². The summed E-state index contributed by atoms with van der Waals surface area (Å²) >= 11 is 0. The summed E-state index contributed by atoms with van der Waals surface area (Å²) < 4.78 is 2.16. The number of hydrogen-bond donors (Lipinski definition) is 1. The summed E-state index contributed by atoms with van der Waals surface area (Å²) in [5, 5.41) is 3.66. The Morgan fingerprint density at radius 3 is 2.76 bits per heavy atom. The molecule has 1 saturated carbocycles. The number of anilines is 1. The van der Waals surface area contributed by atoms with Crippen LogP contribution in [0.1, 0.15) is 31.9 Å². The highest BCUT2D eigenvalue weighted by Gasteiger charge is 2.22. The number of rotatable bonds is 4. The molecule has 2 rings (SSSR count).